The highest BCUT2D eigenvalue weighted by Gasteiger charge is 2.39. The van der Waals surface area contributed by atoms with E-state index in [4.69, 9.17) is 4.74 Å². The standard InChI is InChI=1S/C19H24F3N3O2/c1-18(2,3)27-17(26)24-11-7-6-8-13(24)12-25-15-10-5-4-9-14(15)23-16(25)19(20,21)22/h4-5,9-10,13H,6-8,11-12H2,1-3H3/t13-/m1/s1. The first-order valence-electron chi connectivity index (χ1n) is 9.08. The number of ether oxygens (including phenoxy) is 1. The van der Waals surface area contributed by atoms with E-state index in [-0.39, 0.29) is 12.6 Å². The lowest BCUT2D eigenvalue weighted by Crippen LogP contribution is -2.48. The number of alkyl halides is 3. The van der Waals surface area contributed by atoms with Gasteiger partial charge in [0.15, 0.2) is 0 Å². The summed E-state index contributed by atoms with van der Waals surface area (Å²) < 4.78 is 47.2. The van der Waals surface area contributed by atoms with Crippen LogP contribution < -0.4 is 0 Å². The zero-order chi connectivity index (χ0) is 19.8. The second-order valence-electron chi connectivity index (χ2n) is 7.86. The van der Waals surface area contributed by atoms with Crippen molar-refractivity contribution in [1.29, 1.82) is 0 Å². The average molecular weight is 383 g/mol. The molecular formula is C19H24F3N3O2. The smallest absolute Gasteiger partial charge is 0.444 e. The van der Waals surface area contributed by atoms with Crippen LogP contribution in [0.25, 0.3) is 11.0 Å². The summed E-state index contributed by atoms with van der Waals surface area (Å²) in [6.07, 6.45) is -2.75. The Balaban J connectivity index is 1.94. The van der Waals surface area contributed by atoms with Gasteiger partial charge in [-0.1, -0.05) is 12.1 Å². The predicted octanol–water partition coefficient (Wildman–Crippen LogP) is 4.84. The van der Waals surface area contributed by atoms with Crippen molar-refractivity contribution in [2.75, 3.05) is 6.54 Å². The minimum absolute atomic E-state index is 0.0363. The van der Waals surface area contributed by atoms with Crippen molar-refractivity contribution in [3.8, 4) is 0 Å². The number of hydrogen-bond acceptors (Lipinski definition) is 3. The van der Waals surface area contributed by atoms with Crippen molar-refractivity contribution in [1.82, 2.24) is 14.5 Å². The Morgan fingerprint density at radius 1 is 1.22 bits per heavy atom. The van der Waals surface area contributed by atoms with Crippen LogP contribution in [-0.4, -0.2) is 38.7 Å². The van der Waals surface area contributed by atoms with Crippen LogP contribution in [0, 0.1) is 0 Å². The van der Waals surface area contributed by atoms with Gasteiger partial charge in [-0.25, -0.2) is 9.78 Å². The maximum atomic E-state index is 13.5. The molecule has 148 valence electrons. The molecule has 2 heterocycles. The maximum absolute atomic E-state index is 13.5. The summed E-state index contributed by atoms with van der Waals surface area (Å²) in [6.45, 7) is 5.83. The number of imidazole rings is 1. The van der Waals surface area contributed by atoms with Crippen molar-refractivity contribution in [2.24, 2.45) is 0 Å². The highest BCUT2D eigenvalue weighted by molar-refractivity contribution is 5.76. The molecule has 1 fully saturated rings. The predicted molar refractivity (Wildman–Crippen MR) is 95.3 cm³/mol. The first-order valence-corrected chi connectivity index (χ1v) is 9.08. The fraction of sp³-hybridized carbons (Fsp3) is 0.579. The molecule has 1 aromatic heterocycles. The van der Waals surface area contributed by atoms with Gasteiger partial charge in [-0.3, -0.25) is 0 Å². The summed E-state index contributed by atoms with van der Waals surface area (Å²) in [5.74, 6) is -0.932. The third-order valence-corrected chi connectivity index (χ3v) is 4.56. The molecule has 0 aliphatic carbocycles. The van der Waals surface area contributed by atoms with Gasteiger partial charge in [-0.2, -0.15) is 13.2 Å². The molecule has 0 spiro atoms. The molecule has 0 unspecified atom stereocenters. The van der Waals surface area contributed by atoms with E-state index in [0.29, 0.717) is 24.0 Å². The van der Waals surface area contributed by atoms with Crippen LogP contribution in [0.4, 0.5) is 18.0 Å². The Morgan fingerprint density at radius 3 is 2.59 bits per heavy atom. The first kappa shape index (κ1) is 19.5. The maximum Gasteiger partial charge on any atom is 0.449 e. The third-order valence-electron chi connectivity index (χ3n) is 4.56. The Hall–Kier alpha value is -2.25. The van der Waals surface area contributed by atoms with Crippen molar-refractivity contribution in [2.45, 2.75) is 64.4 Å². The van der Waals surface area contributed by atoms with Gasteiger partial charge >= 0.3 is 12.3 Å². The number of para-hydroxylation sites is 2. The number of carbonyl (C=O) groups excluding carboxylic acids is 1. The topological polar surface area (TPSA) is 47.4 Å². The molecule has 1 aliphatic heterocycles. The molecule has 0 bridgehead atoms. The number of nitrogens with zero attached hydrogens (tertiary/aromatic N) is 3. The Bertz CT molecular complexity index is 824. The number of aromatic nitrogens is 2. The van der Waals surface area contributed by atoms with E-state index in [1.54, 1.807) is 49.9 Å². The average Bonchev–Trinajstić information content (AvgIpc) is 2.93. The van der Waals surface area contributed by atoms with Gasteiger partial charge < -0.3 is 14.2 Å². The molecule has 1 aromatic carbocycles. The number of piperidine rings is 1. The van der Waals surface area contributed by atoms with Gasteiger partial charge in [0, 0.05) is 13.1 Å². The number of carbonyl (C=O) groups is 1. The van der Waals surface area contributed by atoms with Crippen molar-refractivity contribution < 1.29 is 22.7 Å². The molecular weight excluding hydrogens is 359 g/mol. The number of benzene rings is 1. The van der Waals surface area contributed by atoms with E-state index in [2.05, 4.69) is 4.98 Å². The molecule has 1 saturated heterocycles. The Morgan fingerprint density at radius 2 is 1.93 bits per heavy atom. The van der Waals surface area contributed by atoms with Crippen LogP contribution in [0.5, 0.6) is 0 Å². The minimum atomic E-state index is -4.57. The van der Waals surface area contributed by atoms with Crippen LogP contribution in [0.15, 0.2) is 24.3 Å². The van der Waals surface area contributed by atoms with E-state index in [9.17, 15) is 18.0 Å². The zero-order valence-corrected chi connectivity index (χ0v) is 15.7. The van der Waals surface area contributed by atoms with Gasteiger partial charge in [-0.05, 0) is 52.2 Å². The van der Waals surface area contributed by atoms with Gasteiger partial charge in [0.05, 0.1) is 17.1 Å². The molecule has 0 saturated carbocycles. The van der Waals surface area contributed by atoms with Gasteiger partial charge in [0.25, 0.3) is 0 Å². The van der Waals surface area contributed by atoms with Gasteiger partial charge in [0.1, 0.15) is 5.60 Å². The molecule has 3 rings (SSSR count). The summed E-state index contributed by atoms with van der Waals surface area (Å²) in [4.78, 5) is 17.9. The summed E-state index contributed by atoms with van der Waals surface area (Å²) in [5, 5.41) is 0. The second kappa shape index (κ2) is 7.05. The Kier molecular flexibility index (Phi) is 5.10. The summed E-state index contributed by atoms with van der Waals surface area (Å²) in [6, 6.07) is 6.17. The molecule has 5 nitrogen and oxygen atoms in total. The van der Waals surface area contributed by atoms with Crippen LogP contribution >= 0.6 is 0 Å². The number of amides is 1. The number of rotatable bonds is 2. The van der Waals surface area contributed by atoms with Crippen molar-refractivity contribution in [3.05, 3.63) is 30.1 Å². The highest BCUT2D eigenvalue weighted by Crippen LogP contribution is 2.33. The fourth-order valence-electron chi connectivity index (χ4n) is 3.44. The molecule has 0 N–H and O–H groups in total. The number of hydrogen-bond donors (Lipinski definition) is 0. The van der Waals surface area contributed by atoms with E-state index in [0.717, 1.165) is 12.8 Å². The summed E-state index contributed by atoms with van der Waals surface area (Å²) >= 11 is 0. The fourth-order valence-corrected chi connectivity index (χ4v) is 3.44. The van der Waals surface area contributed by atoms with Crippen molar-refractivity contribution >= 4 is 17.1 Å². The van der Waals surface area contributed by atoms with Crippen LogP contribution in [-0.2, 0) is 17.5 Å². The van der Waals surface area contributed by atoms with Gasteiger partial charge in [0.2, 0.25) is 5.82 Å². The number of fused-ring (bicyclic) bond motifs is 1. The van der Waals surface area contributed by atoms with E-state index in [1.807, 2.05) is 0 Å². The van der Waals surface area contributed by atoms with Crippen LogP contribution in [0.1, 0.15) is 45.9 Å². The largest absolute Gasteiger partial charge is 0.449 e. The van der Waals surface area contributed by atoms with E-state index in [1.165, 1.54) is 4.57 Å². The monoisotopic (exact) mass is 383 g/mol. The highest BCUT2D eigenvalue weighted by atomic mass is 19.4. The lowest BCUT2D eigenvalue weighted by atomic mass is 10.0. The molecule has 2 aromatic rings. The molecule has 1 aliphatic rings. The number of likely N-dealkylation sites (tertiary alicyclic amines) is 1. The van der Waals surface area contributed by atoms with E-state index >= 15 is 0 Å². The van der Waals surface area contributed by atoms with Crippen LogP contribution in [0.3, 0.4) is 0 Å². The first-order chi connectivity index (χ1) is 12.6. The van der Waals surface area contributed by atoms with E-state index < -0.39 is 23.7 Å². The molecule has 8 heteroatoms. The molecule has 1 amide bonds. The zero-order valence-electron chi connectivity index (χ0n) is 15.7. The molecule has 0 radical (unpaired) electrons. The minimum Gasteiger partial charge on any atom is -0.444 e. The van der Waals surface area contributed by atoms with Crippen LogP contribution in [0.2, 0.25) is 0 Å². The van der Waals surface area contributed by atoms with Gasteiger partial charge in [-0.15, -0.1) is 0 Å². The molecule has 27 heavy (non-hydrogen) atoms. The third kappa shape index (κ3) is 4.36. The molecule has 1 atom stereocenters. The SMILES string of the molecule is CC(C)(C)OC(=O)N1CCCC[C@@H]1Cn1c(C(F)(F)F)nc2ccccc21. The number of halogens is 3. The lowest BCUT2D eigenvalue weighted by molar-refractivity contribution is -0.147. The van der Waals surface area contributed by atoms with Crippen molar-refractivity contribution in [3.63, 3.8) is 0 Å². The Labute approximate surface area is 156 Å². The summed E-state index contributed by atoms with van der Waals surface area (Å²) in [5.41, 5.74) is 0.0572. The normalized spacial score (nSPS) is 18.7. The second-order valence-corrected chi connectivity index (χ2v) is 7.86. The lowest BCUT2D eigenvalue weighted by Gasteiger charge is -2.37. The summed E-state index contributed by atoms with van der Waals surface area (Å²) in [7, 11) is 0. The quantitative estimate of drug-likeness (QED) is 0.745.